The molecule has 2 aromatic rings. The predicted octanol–water partition coefficient (Wildman–Crippen LogP) is 3.11. The Hall–Kier alpha value is -1.32. The number of nitrogens with two attached hydrogens (primary N) is 1. The maximum absolute atomic E-state index is 6.26. The largest absolute Gasteiger partial charge is 0.335 e. The lowest BCUT2D eigenvalue weighted by molar-refractivity contribution is 0.626. The fourth-order valence-corrected chi connectivity index (χ4v) is 2.41. The molecular formula is C14H18ClN3. The Morgan fingerprint density at radius 1 is 1.44 bits per heavy atom. The number of benzene rings is 1. The molecule has 0 spiro atoms. The summed E-state index contributed by atoms with van der Waals surface area (Å²) in [6.45, 7) is 5.05. The predicted molar refractivity (Wildman–Crippen MR) is 74.7 cm³/mol. The molecule has 0 bridgehead atoms. The van der Waals surface area contributed by atoms with E-state index in [2.05, 4.69) is 16.5 Å². The van der Waals surface area contributed by atoms with Crippen LogP contribution in [-0.4, -0.2) is 9.55 Å². The van der Waals surface area contributed by atoms with Crippen LogP contribution in [0.5, 0.6) is 0 Å². The average molecular weight is 264 g/mol. The Morgan fingerprint density at radius 3 is 2.89 bits per heavy atom. The highest BCUT2D eigenvalue weighted by molar-refractivity contribution is 6.30. The smallest absolute Gasteiger partial charge is 0.110 e. The third kappa shape index (κ3) is 2.74. The van der Waals surface area contributed by atoms with Crippen molar-refractivity contribution in [1.29, 1.82) is 0 Å². The van der Waals surface area contributed by atoms with E-state index in [1.54, 1.807) is 0 Å². The van der Waals surface area contributed by atoms with Crippen molar-refractivity contribution < 1.29 is 0 Å². The zero-order valence-electron chi connectivity index (χ0n) is 10.7. The van der Waals surface area contributed by atoms with E-state index < -0.39 is 0 Å². The molecule has 1 unspecified atom stereocenters. The summed E-state index contributed by atoms with van der Waals surface area (Å²) >= 11 is 5.95. The van der Waals surface area contributed by atoms with Crippen molar-refractivity contribution in [3.63, 3.8) is 0 Å². The monoisotopic (exact) mass is 263 g/mol. The van der Waals surface area contributed by atoms with Gasteiger partial charge in [0.2, 0.25) is 0 Å². The normalized spacial score (nSPS) is 12.7. The van der Waals surface area contributed by atoms with Gasteiger partial charge in [0.1, 0.15) is 5.82 Å². The summed E-state index contributed by atoms with van der Waals surface area (Å²) in [4.78, 5) is 4.36. The molecule has 2 rings (SSSR count). The van der Waals surface area contributed by atoms with E-state index in [4.69, 9.17) is 17.3 Å². The lowest BCUT2D eigenvalue weighted by Gasteiger charge is -2.15. The van der Waals surface area contributed by atoms with Crippen molar-refractivity contribution in [2.24, 2.45) is 5.73 Å². The Balaban J connectivity index is 2.19. The second-order valence-corrected chi connectivity index (χ2v) is 4.88. The van der Waals surface area contributed by atoms with Gasteiger partial charge in [0.15, 0.2) is 0 Å². The van der Waals surface area contributed by atoms with E-state index in [0.29, 0.717) is 0 Å². The van der Waals surface area contributed by atoms with Gasteiger partial charge < -0.3 is 10.3 Å². The van der Waals surface area contributed by atoms with Crippen LogP contribution >= 0.6 is 11.6 Å². The molecule has 0 saturated carbocycles. The third-order valence-corrected chi connectivity index (χ3v) is 3.41. The van der Waals surface area contributed by atoms with E-state index in [9.17, 15) is 0 Å². The molecule has 2 N–H and O–H groups in total. The number of aryl methyl sites for hydroxylation is 2. The van der Waals surface area contributed by atoms with Gasteiger partial charge in [-0.3, -0.25) is 0 Å². The summed E-state index contributed by atoms with van der Waals surface area (Å²) in [5.74, 6) is 1.03. The molecule has 0 aliphatic rings. The van der Waals surface area contributed by atoms with Gasteiger partial charge in [-0.25, -0.2) is 4.98 Å². The van der Waals surface area contributed by atoms with Crippen molar-refractivity contribution >= 4 is 11.6 Å². The van der Waals surface area contributed by atoms with E-state index in [1.807, 2.05) is 37.5 Å². The second-order valence-electron chi connectivity index (χ2n) is 4.44. The second kappa shape index (κ2) is 5.55. The Kier molecular flexibility index (Phi) is 4.04. The van der Waals surface area contributed by atoms with E-state index in [1.165, 1.54) is 0 Å². The van der Waals surface area contributed by atoms with Crippen LogP contribution in [0, 0.1) is 6.92 Å². The van der Waals surface area contributed by atoms with Crippen LogP contribution in [0.1, 0.15) is 29.9 Å². The summed E-state index contributed by atoms with van der Waals surface area (Å²) < 4.78 is 2.12. The van der Waals surface area contributed by atoms with E-state index in [-0.39, 0.29) is 6.04 Å². The first-order valence-corrected chi connectivity index (χ1v) is 6.51. The lowest BCUT2D eigenvalue weighted by Crippen LogP contribution is -2.17. The minimum absolute atomic E-state index is 0.0463. The Morgan fingerprint density at radius 2 is 2.22 bits per heavy atom. The molecule has 0 radical (unpaired) electrons. The Labute approximate surface area is 113 Å². The van der Waals surface area contributed by atoms with E-state index in [0.717, 1.165) is 34.9 Å². The molecule has 4 heteroatoms. The topological polar surface area (TPSA) is 43.8 Å². The number of rotatable bonds is 4. The number of nitrogens with zero attached hydrogens (tertiary/aromatic N) is 2. The molecule has 1 atom stereocenters. The average Bonchev–Trinajstić information content (AvgIpc) is 2.76. The van der Waals surface area contributed by atoms with Gasteiger partial charge in [0, 0.05) is 36.4 Å². The van der Waals surface area contributed by atoms with Gasteiger partial charge in [-0.2, -0.15) is 0 Å². The molecule has 3 nitrogen and oxygen atoms in total. The summed E-state index contributed by atoms with van der Waals surface area (Å²) in [7, 11) is 0. The molecule has 0 fully saturated rings. The first-order chi connectivity index (χ1) is 8.61. The molecule has 1 aromatic heterocycles. The quantitative estimate of drug-likeness (QED) is 0.921. The number of hydrogen-bond acceptors (Lipinski definition) is 2. The molecular weight excluding hydrogens is 246 g/mol. The van der Waals surface area contributed by atoms with Gasteiger partial charge in [0.25, 0.3) is 0 Å². The van der Waals surface area contributed by atoms with Crippen LogP contribution in [0.25, 0.3) is 0 Å². The van der Waals surface area contributed by atoms with Crippen LogP contribution in [0.15, 0.2) is 30.6 Å². The van der Waals surface area contributed by atoms with Gasteiger partial charge in [0.05, 0.1) is 0 Å². The highest BCUT2D eigenvalue weighted by Gasteiger charge is 2.13. The first-order valence-electron chi connectivity index (χ1n) is 6.13. The Bertz CT molecular complexity index is 534. The van der Waals surface area contributed by atoms with Crippen LogP contribution < -0.4 is 5.73 Å². The van der Waals surface area contributed by atoms with E-state index >= 15 is 0 Å². The highest BCUT2D eigenvalue weighted by atomic mass is 35.5. The van der Waals surface area contributed by atoms with Crippen molar-refractivity contribution in [3.05, 3.63) is 52.6 Å². The molecule has 0 aliphatic carbocycles. The summed E-state index contributed by atoms with van der Waals surface area (Å²) in [6.07, 6.45) is 4.54. The van der Waals surface area contributed by atoms with Crippen LogP contribution in [0.2, 0.25) is 5.02 Å². The van der Waals surface area contributed by atoms with Gasteiger partial charge in [-0.15, -0.1) is 0 Å². The molecule has 18 heavy (non-hydrogen) atoms. The third-order valence-electron chi connectivity index (χ3n) is 3.18. The van der Waals surface area contributed by atoms with Crippen molar-refractivity contribution in [3.8, 4) is 0 Å². The maximum Gasteiger partial charge on any atom is 0.110 e. The minimum Gasteiger partial charge on any atom is -0.335 e. The summed E-state index contributed by atoms with van der Waals surface area (Å²) in [5.41, 5.74) is 8.52. The van der Waals surface area contributed by atoms with Crippen LogP contribution in [0.3, 0.4) is 0 Å². The SMILES string of the molecule is CCn1ccnc1CC(N)c1ccc(Cl)cc1C. The van der Waals surface area contributed by atoms with Crippen molar-refractivity contribution in [1.82, 2.24) is 9.55 Å². The van der Waals surface area contributed by atoms with Gasteiger partial charge >= 0.3 is 0 Å². The van der Waals surface area contributed by atoms with Crippen LogP contribution in [-0.2, 0) is 13.0 Å². The first kappa shape index (κ1) is 13.1. The van der Waals surface area contributed by atoms with Crippen molar-refractivity contribution in [2.45, 2.75) is 32.9 Å². The maximum atomic E-state index is 6.26. The summed E-state index contributed by atoms with van der Waals surface area (Å²) in [6, 6.07) is 5.79. The van der Waals surface area contributed by atoms with Gasteiger partial charge in [-0.05, 0) is 37.1 Å². The minimum atomic E-state index is -0.0463. The lowest BCUT2D eigenvalue weighted by atomic mass is 9.99. The van der Waals surface area contributed by atoms with Crippen LogP contribution in [0.4, 0.5) is 0 Å². The molecule has 1 aromatic carbocycles. The molecule has 0 aliphatic heterocycles. The van der Waals surface area contributed by atoms with Crippen molar-refractivity contribution in [2.75, 3.05) is 0 Å². The zero-order valence-corrected chi connectivity index (χ0v) is 11.5. The van der Waals surface area contributed by atoms with Gasteiger partial charge in [-0.1, -0.05) is 17.7 Å². The zero-order chi connectivity index (χ0) is 13.1. The summed E-state index contributed by atoms with van der Waals surface area (Å²) in [5, 5.41) is 0.749. The highest BCUT2D eigenvalue weighted by Crippen LogP contribution is 2.22. The number of halogens is 1. The number of imidazole rings is 1. The standard InChI is InChI=1S/C14H18ClN3/c1-3-18-7-6-17-14(18)9-13(16)12-5-4-11(15)8-10(12)2/h4-8,13H,3,9,16H2,1-2H3. The fraction of sp³-hybridized carbons (Fsp3) is 0.357. The number of aromatic nitrogens is 2. The molecule has 96 valence electrons. The number of hydrogen-bond donors (Lipinski definition) is 1. The molecule has 0 saturated heterocycles. The molecule has 1 heterocycles. The fourth-order valence-electron chi connectivity index (χ4n) is 2.18. The molecule has 0 amide bonds.